The molecule has 74 valence electrons. The number of hydrogen-bond acceptors (Lipinski definition) is 2. The van der Waals surface area contributed by atoms with Crippen LogP contribution in [-0.2, 0) is 0 Å². The van der Waals surface area contributed by atoms with Crippen molar-refractivity contribution < 1.29 is 18.3 Å². The van der Waals surface area contributed by atoms with Crippen molar-refractivity contribution in [2.24, 2.45) is 0 Å². The molecule has 0 unspecified atom stereocenters. The summed E-state index contributed by atoms with van der Waals surface area (Å²) in [6.07, 6.45) is -1.10. The smallest absolute Gasteiger partial charge is 0.396 e. The lowest BCUT2D eigenvalue weighted by molar-refractivity contribution is -0.171. The van der Waals surface area contributed by atoms with E-state index in [1.165, 1.54) is 12.4 Å². The average molecular weight is 194 g/mol. The summed E-state index contributed by atoms with van der Waals surface area (Å²) in [6, 6.07) is -1.68. The lowest BCUT2D eigenvalue weighted by Crippen LogP contribution is -2.26. The first kappa shape index (κ1) is 10.0. The number of aliphatic hydroxyl groups excluding tert-OH is 1. The van der Waals surface area contributed by atoms with Gasteiger partial charge in [-0.1, -0.05) is 0 Å². The normalized spacial score (nSPS) is 14.5. The molecule has 0 bridgehead atoms. The number of rotatable bonds is 3. The van der Waals surface area contributed by atoms with Crippen LogP contribution in [0.3, 0.4) is 0 Å². The van der Waals surface area contributed by atoms with Gasteiger partial charge in [0.15, 0.2) is 0 Å². The van der Waals surface area contributed by atoms with Gasteiger partial charge < -0.3 is 9.67 Å². The summed E-state index contributed by atoms with van der Waals surface area (Å²) < 4.78 is 37.9. The molecule has 0 aliphatic carbocycles. The summed E-state index contributed by atoms with van der Waals surface area (Å²) in [5.41, 5.74) is 0. The first-order valence-corrected chi connectivity index (χ1v) is 3.70. The molecule has 1 atom stereocenters. The van der Waals surface area contributed by atoms with Crippen LogP contribution in [0, 0.1) is 0 Å². The fourth-order valence-electron chi connectivity index (χ4n) is 1.06. The molecule has 1 aromatic heterocycles. The zero-order chi connectivity index (χ0) is 9.90. The number of halogens is 3. The number of nitrogens with zero attached hydrogens (tertiary/aromatic N) is 2. The van der Waals surface area contributed by atoms with E-state index in [4.69, 9.17) is 5.11 Å². The Bertz CT molecular complexity index is 245. The molecule has 0 spiro atoms. The van der Waals surface area contributed by atoms with Crippen LogP contribution >= 0.6 is 0 Å². The minimum atomic E-state index is -4.34. The lowest BCUT2D eigenvalue weighted by atomic mass is 10.2. The molecule has 3 nitrogen and oxygen atoms in total. The van der Waals surface area contributed by atoms with Crippen molar-refractivity contribution >= 4 is 0 Å². The fraction of sp³-hybridized carbons (Fsp3) is 0.571. The third-order valence-electron chi connectivity index (χ3n) is 1.67. The molecule has 13 heavy (non-hydrogen) atoms. The van der Waals surface area contributed by atoms with E-state index < -0.39 is 18.8 Å². The Hall–Kier alpha value is -1.04. The largest absolute Gasteiger partial charge is 0.409 e. The quantitative estimate of drug-likeness (QED) is 0.789. The first-order valence-electron chi connectivity index (χ1n) is 3.70. The summed E-state index contributed by atoms with van der Waals surface area (Å²) in [5.74, 6) is 0. The molecule has 0 saturated carbocycles. The Labute approximate surface area is 72.8 Å². The molecule has 0 saturated heterocycles. The summed E-state index contributed by atoms with van der Waals surface area (Å²) in [5, 5.41) is 8.47. The minimum absolute atomic E-state index is 0.347. The van der Waals surface area contributed by atoms with Crippen LogP contribution in [0.25, 0.3) is 0 Å². The molecule has 0 fully saturated rings. The Kier molecular flexibility index (Phi) is 2.92. The monoisotopic (exact) mass is 194 g/mol. The highest BCUT2D eigenvalue weighted by molar-refractivity contribution is 4.84. The van der Waals surface area contributed by atoms with Gasteiger partial charge in [-0.25, -0.2) is 4.98 Å². The number of hydrogen-bond donors (Lipinski definition) is 1. The van der Waals surface area contributed by atoms with Gasteiger partial charge in [0.05, 0.1) is 6.33 Å². The molecule has 1 aromatic rings. The Morgan fingerprint density at radius 1 is 1.46 bits per heavy atom. The molecule has 0 aromatic carbocycles. The highest BCUT2D eigenvalue weighted by atomic mass is 19.4. The van der Waals surface area contributed by atoms with E-state index in [-0.39, 0.29) is 6.42 Å². The first-order chi connectivity index (χ1) is 6.05. The average Bonchev–Trinajstić information content (AvgIpc) is 2.49. The van der Waals surface area contributed by atoms with Gasteiger partial charge in [-0.05, 0) is 0 Å². The molecule has 0 aliphatic rings. The number of imidazole rings is 1. The van der Waals surface area contributed by atoms with Crippen LogP contribution in [-0.4, -0.2) is 27.4 Å². The summed E-state index contributed by atoms with van der Waals surface area (Å²) in [4.78, 5) is 3.52. The zero-order valence-electron chi connectivity index (χ0n) is 6.70. The van der Waals surface area contributed by atoms with Crippen molar-refractivity contribution in [1.82, 2.24) is 9.55 Å². The van der Waals surface area contributed by atoms with Crippen molar-refractivity contribution in [3.8, 4) is 0 Å². The van der Waals surface area contributed by atoms with E-state index in [0.29, 0.717) is 0 Å². The number of aromatic nitrogens is 2. The van der Waals surface area contributed by atoms with Gasteiger partial charge in [0.2, 0.25) is 0 Å². The molecule has 1 N–H and O–H groups in total. The SMILES string of the molecule is OCC[C@H](n1ccnc1)C(F)(F)F. The van der Waals surface area contributed by atoms with E-state index in [0.717, 1.165) is 10.9 Å². The maximum Gasteiger partial charge on any atom is 0.409 e. The van der Waals surface area contributed by atoms with Crippen molar-refractivity contribution in [2.75, 3.05) is 6.61 Å². The van der Waals surface area contributed by atoms with Crippen LogP contribution in [0.5, 0.6) is 0 Å². The fourth-order valence-corrected chi connectivity index (χ4v) is 1.06. The Balaban J connectivity index is 2.81. The van der Waals surface area contributed by atoms with E-state index in [9.17, 15) is 13.2 Å². The van der Waals surface area contributed by atoms with Crippen LogP contribution in [0.2, 0.25) is 0 Å². The van der Waals surface area contributed by atoms with Crippen LogP contribution < -0.4 is 0 Å². The standard InChI is InChI=1S/C7H9F3N2O/c8-7(9,10)6(1-4-13)12-3-2-11-5-12/h2-3,5-6,13H,1,4H2/t6-/m0/s1. The van der Waals surface area contributed by atoms with E-state index in [2.05, 4.69) is 4.98 Å². The topological polar surface area (TPSA) is 38.0 Å². The molecule has 6 heteroatoms. The van der Waals surface area contributed by atoms with Crippen LogP contribution in [0.15, 0.2) is 18.7 Å². The van der Waals surface area contributed by atoms with Gasteiger partial charge in [-0.3, -0.25) is 0 Å². The van der Waals surface area contributed by atoms with Gasteiger partial charge in [-0.2, -0.15) is 13.2 Å². The third kappa shape index (κ3) is 2.45. The van der Waals surface area contributed by atoms with Crippen molar-refractivity contribution in [3.63, 3.8) is 0 Å². The van der Waals surface area contributed by atoms with Crippen LogP contribution in [0.4, 0.5) is 13.2 Å². The second-order valence-corrected chi connectivity index (χ2v) is 2.58. The van der Waals surface area contributed by atoms with Gasteiger partial charge >= 0.3 is 6.18 Å². The maximum absolute atomic E-state index is 12.3. The third-order valence-corrected chi connectivity index (χ3v) is 1.67. The molecule has 1 rings (SSSR count). The predicted octanol–water partition coefficient (Wildman–Crippen LogP) is 1.37. The van der Waals surface area contributed by atoms with Crippen LogP contribution in [0.1, 0.15) is 12.5 Å². The van der Waals surface area contributed by atoms with Crippen molar-refractivity contribution in [2.45, 2.75) is 18.6 Å². The van der Waals surface area contributed by atoms with E-state index >= 15 is 0 Å². The molecular formula is C7H9F3N2O. The maximum atomic E-state index is 12.3. The highest BCUT2D eigenvalue weighted by Gasteiger charge is 2.40. The highest BCUT2D eigenvalue weighted by Crippen LogP contribution is 2.32. The molecular weight excluding hydrogens is 185 g/mol. The second kappa shape index (κ2) is 3.78. The zero-order valence-corrected chi connectivity index (χ0v) is 6.70. The van der Waals surface area contributed by atoms with Gasteiger partial charge in [-0.15, -0.1) is 0 Å². The molecule has 0 amide bonds. The molecule has 0 aliphatic heterocycles. The van der Waals surface area contributed by atoms with E-state index in [1.807, 2.05) is 0 Å². The van der Waals surface area contributed by atoms with Gasteiger partial charge in [0.25, 0.3) is 0 Å². The van der Waals surface area contributed by atoms with Crippen molar-refractivity contribution in [1.29, 1.82) is 0 Å². The lowest BCUT2D eigenvalue weighted by Gasteiger charge is -2.20. The van der Waals surface area contributed by atoms with Crippen molar-refractivity contribution in [3.05, 3.63) is 18.7 Å². The Morgan fingerprint density at radius 3 is 2.54 bits per heavy atom. The van der Waals surface area contributed by atoms with Gasteiger partial charge in [0, 0.05) is 25.4 Å². The summed E-state index contributed by atoms with van der Waals surface area (Å²) >= 11 is 0. The Morgan fingerprint density at radius 2 is 2.15 bits per heavy atom. The molecule has 1 heterocycles. The minimum Gasteiger partial charge on any atom is -0.396 e. The molecule has 0 radical (unpaired) electrons. The number of alkyl halides is 3. The number of aliphatic hydroxyl groups is 1. The summed E-state index contributed by atoms with van der Waals surface area (Å²) in [6.45, 7) is -0.498. The van der Waals surface area contributed by atoms with Gasteiger partial charge in [0.1, 0.15) is 6.04 Å². The van der Waals surface area contributed by atoms with E-state index in [1.54, 1.807) is 0 Å². The predicted molar refractivity (Wildman–Crippen MR) is 39.0 cm³/mol. The second-order valence-electron chi connectivity index (χ2n) is 2.58. The summed E-state index contributed by atoms with van der Waals surface area (Å²) in [7, 11) is 0.